The Morgan fingerprint density at radius 1 is 1.15 bits per heavy atom. The SMILES string of the molecule is CNCCC1CCN(C(=O)C2CCN(c3nc4ccccc4s3)CC2)CC1. The van der Waals surface area contributed by atoms with Crippen molar-refractivity contribution < 1.29 is 4.79 Å². The molecular weight excluding hydrogens is 356 g/mol. The Morgan fingerprint density at radius 3 is 2.59 bits per heavy atom. The molecule has 2 aliphatic rings. The molecule has 146 valence electrons. The van der Waals surface area contributed by atoms with Gasteiger partial charge in [-0.1, -0.05) is 23.5 Å². The van der Waals surface area contributed by atoms with Crippen molar-refractivity contribution in [3.8, 4) is 0 Å². The molecule has 1 amide bonds. The van der Waals surface area contributed by atoms with E-state index in [9.17, 15) is 4.79 Å². The fourth-order valence-corrected chi connectivity index (χ4v) is 5.38. The van der Waals surface area contributed by atoms with E-state index in [1.165, 1.54) is 11.1 Å². The third kappa shape index (κ3) is 4.27. The molecule has 1 aromatic carbocycles. The lowest BCUT2D eigenvalue weighted by Crippen LogP contribution is -2.45. The van der Waals surface area contributed by atoms with Gasteiger partial charge in [-0.3, -0.25) is 4.79 Å². The monoisotopic (exact) mass is 386 g/mol. The number of amides is 1. The first-order valence-electron chi connectivity index (χ1n) is 10.3. The van der Waals surface area contributed by atoms with Crippen molar-refractivity contribution in [3.05, 3.63) is 24.3 Å². The van der Waals surface area contributed by atoms with Gasteiger partial charge in [0.15, 0.2) is 5.13 Å². The van der Waals surface area contributed by atoms with E-state index >= 15 is 0 Å². The summed E-state index contributed by atoms with van der Waals surface area (Å²) in [6.07, 6.45) is 5.47. The fourth-order valence-electron chi connectivity index (χ4n) is 4.36. The van der Waals surface area contributed by atoms with E-state index in [0.29, 0.717) is 5.91 Å². The first kappa shape index (κ1) is 18.7. The van der Waals surface area contributed by atoms with Gasteiger partial charge in [-0.05, 0) is 63.7 Å². The quantitative estimate of drug-likeness (QED) is 0.856. The molecule has 4 rings (SSSR count). The lowest BCUT2D eigenvalue weighted by Gasteiger charge is -2.37. The van der Waals surface area contributed by atoms with Gasteiger partial charge in [0.05, 0.1) is 10.2 Å². The van der Waals surface area contributed by atoms with Crippen molar-refractivity contribution in [2.24, 2.45) is 11.8 Å². The largest absolute Gasteiger partial charge is 0.348 e. The van der Waals surface area contributed by atoms with Crippen molar-refractivity contribution >= 4 is 32.6 Å². The van der Waals surface area contributed by atoms with Crippen molar-refractivity contribution in [2.45, 2.75) is 32.1 Å². The maximum atomic E-state index is 12.9. The standard InChI is InChI=1S/C21H30N4OS/c1-22-11-6-16-7-12-24(13-8-16)20(26)17-9-14-25(15-10-17)21-23-18-4-2-3-5-19(18)27-21/h2-5,16-17,22H,6-15H2,1H3. The van der Waals surface area contributed by atoms with Crippen LogP contribution in [0.1, 0.15) is 32.1 Å². The molecule has 27 heavy (non-hydrogen) atoms. The Bertz CT molecular complexity index is 727. The summed E-state index contributed by atoms with van der Waals surface area (Å²) in [6, 6.07) is 8.31. The highest BCUT2D eigenvalue weighted by molar-refractivity contribution is 7.22. The number of rotatable bonds is 5. The molecule has 2 aliphatic heterocycles. The molecule has 6 heteroatoms. The summed E-state index contributed by atoms with van der Waals surface area (Å²) in [5.74, 6) is 1.37. The third-order valence-corrected chi connectivity index (χ3v) is 7.22. The van der Waals surface area contributed by atoms with Crippen LogP contribution in [0.15, 0.2) is 24.3 Å². The first-order chi connectivity index (χ1) is 13.2. The van der Waals surface area contributed by atoms with Crippen LogP contribution in [0.5, 0.6) is 0 Å². The minimum atomic E-state index is 0.199. The molecule has 1 aromatic heterocycles. The number of para-hydroxylation sites is 1. The van der Waals surface area contributed by atoms with Crippen molar-refractivity contribution in [2.75, 3.05) is 44.7 Å². The van der Waals surface area contributed by atoms with Gasteiger partial charge < -0.3 is 15.1 Å². The molecule has 0 bridgehead atoms. The third-order valence-electron chi connectivity index (χ3n) is 6.13. The minimum absolute atomic E-state index is 0.199. The molecule has 2 fully saturated rings. The van der Waals surface area contributed by atoms with Crippen LogP contribution in [0.2, 0.25) is 0 Å². The summed E-state index contributed by atoms with van der Waals surface area (Å²) in [5, 5.41) is 4.34. The Balaban J connectivity index is 1.28. The van der Waals surface area contributed by atoms with E-state index in [4.69, 9.17) is 4.98 Å². The molecule has 0 unspecified atom stereocenters. The number of nitrogens with one attached hydrogen (secondary N) is 1. The number of benzene rings is 1. The van der Waals surface area contributed by atoms with Crippen LogP contribution in [-0.4, -0.2) is 55.6 Å². The molecule has 0 spiro atoms. The van der Waals surface area contributed by atoms with Gasteiger partial charge >= 0.3 is 0 Å². The van der Waals surface area contributed by atoms with Crippen LogP contribution in [-0.2, 0) is 4.79 Å². The minimum Gasteiger partial charge on any atom is -0.348 e. The Hall–Kier alpha value is -1.66. The molecule has 5 nitrogen and oxygen atoms in total. The summed E-state index contributed by atoms with van der Waals surface area (Å²) >= 11 is 1.76. The Morgan fingerprint density at radius 2 is 1.89 bits per heavy atom. The smallest absolute Gasteiger partial charge is 0.225 e. The highest BCUT2D eigenvalue weighted by Gasteiger charge is 2.31. The average molecular weight is 387 g/mol. The van der Waals surface area contributed by atoms with E-state index in [1.807, 2.05) is 13.1 Å². The van der Waals surface area contributed by atoms with Crippen molar-refractivity contribution in [1.82, 2.24) is 15.2 Å². The number of nitrogens with zero attached hydrogens (tertiary/aromatic N) is 3. The molecular formula is C21H30N4OS. The van der Waals surface area contributed by atoms with Gasteiger partial charge in [0.25, 0.3) is 0 Å². The van der Waals surface area contributed by atoms with Crippen LogP contribution in [0, 0.1) is 11.8 Å². The average Bonchev–Trinajstić information content (AvgIpc) is 3.16. The second kappa shape index (κ2) is 8.57. The van der Waals surface area contributed by atoms with Gasteiger partial charge in [-0.2, -0.15) is 0 Å². The molecule has 3 heterocycles. The second-order valence-corrected chi connectivity index (χ2v) is 8.90. The Labute approximate surface area is 165 Å². The number of piperidine rings is 2. The normalized spacial score (nSPS) is 19.7. The zero-order valence-electron chi connectivity index (χ0n) is 16.2. The van der Waals surface area contributed by atoms with Crippen LogP contribution < -0.4 is 10.2 Å². The first-order valence-corrected chi connectivity index (χ1v) is 11.1. The predicted molar refractivity (Wildman–Crippen MR) is 112 cm³/mol. The maximum Gasteiger partial charge on any atom is 0.225 e. The highest BCUT2D eigenvalue weighted by Crippen LogP contribution is 2.32. The number of hydrogen-bond donors (Lipinski definition) is 1. The van der Waals surface area contributed by atoms with Gasteiger partial charge in [0.1, 0.15) is 0 Å². The zero-order valence-corrected chi connectivity index (χ0v) is 17.0. The highest BCUT2D eigenvalue weighted by atomic mass is 32.1. The summed E-state index contributed by atoms with van der Waals surface area (Å²) in [5.41, 5.74) is 1.08. The topological polar surface area (TPSA) is 48.5 Å². The van der Waals surface area contributed by atoms with Crippen molar-refractivity contribution in [1.29, 1.82) is 0 Å². The van der Waals surface area contributed by atoms with Crippen LogP contribution in [0.4, 0.5) is 5.13 Å². The molecule has 2 aromatic rings. The lowest BCUT2D eigenvalue weighted by molar-refractivity contribution is -0.137. The van der Waals surface area contributed by atoms with Gasteiger partial charge in [-0.25, -0.2) is 4.98 Å². The molecule has 2 saturated heterocycles. The van der Waals surface area contributed by atoms with E-state index in [-0.39, 0.29) is 5.92 Å². The van der Waals surface area contributed by atoms with E-state index in [1.54, 1.807) is 11.3 Å². The lowest BCUT2D eigenvalue weighted by atomic mass is 9.90. The number of thiazole rings is 1. The number of carbonyl (C=O) groups is 1. The molecule has 0 aliphatic carbocycles. The molecule has 0 saturated carbocycles. The van der Waals surface area contributed by atoms with Gasteiger partial charge in [-0.15, -0.1) is 0 Å². The van der Waals surface area contributed by atoms with Crippen LogP contribution in [0.25, 0.3) is 10.2 Å². The van der Waals surface area contributed by atoms with E-state index in [2.05, 4.69) is 33.3 Å². The number of likely N-dealkylation sites (tertiary alicyclic amines) is 1. The predicted octanol–water partition coefficient (Wildman–Crippen LogP) is 3.36. The van der Waals surface area contributed by atoms with Crippen LogP contribution >= 0.6 is 11.3 Å². The number of hydrogen-bond acceptors (Lipinski definition) is 5. The van der Waals surface area contributed by atoms with E-state index in [0.717, 1.165) is 75.0 Å². The maximum absolute atomic E-state index is 12.9. The number of aromatic nitrogens is 1. The number of fused-ring (bicyclic) bond motifs is 1. The molecule has 0 atom stereocenters. The van der Waals surface area contributed by atoms with E-state index < -0.39 is 0 Å². The van der Waals surface area contributed by atoms with Crippen molar-refractivity contribution in [3.63, 3.8) is 0 Å². The van der Waals surface area contributed by atoms with Gasteiger partial charge in [0, 0.05) is 32.1 Å². The molecule has 1 N–H and O–H groups in total. The number of anilines is 1. The summed E-state index contributed by atoms with van der Waals surface area (Å²) in [7, 11) is 2.01. The summed E-state index contributed by atoms with van der Waals surface area (Å²) < 4.78 is 1.24. The number of carbonyl (C=O) groups excluding carboxylic acids is 1. The zero-order chi connectivity index (χ0) is 18.6. The summed E-state index contributed by atoms with van der Waals surface area (Å²) in [4.78, 5) is 22.2. The van der Waals surface area contributed by atoms with Crippen LogP contribution in [0.3, 0.4) is 0 Å². The Kier molecular flexibility index (Phi) is 5.93. The summed E-state index contributed by atoms with van der Waals surface area (Å²) in [6.45, 7) is 4.86. The van der Waals surface area contributed by atoms with Gasteiger partial charge in [0.2, 0.25) is 5.91 Å². The molecule has 0 radical (unpaired) electrons. The fraction of sp³-hybridized carbons (Fsp3) is 0.619. The second-order valence-electron chi connectivity index (χ2n) is 7.89.